The van der Waals surface area contributed by atoms with Gasteiger partial charge in [0.15, 0.2) is 11.5 Å². The van der Waals surface area contributed by atoms with Crippen molar-refractivity contribution in [1.29, 1.82) is 0 Å². The van der Waals surface area contributed by atoms with Crippen molar-refractivity contribution in [3.63, 3.8) is 0 Å². The van der Waals surface area contributed by atoms with Gasteiger partial charge in [0.05, 0.1) is 24.1 Å². The van der Waals surface area contributed by atoms with Gasteiger partial charge in [-0.25, -0.2) is 4.79 Å². The number of hydrogen-bond donors (Lipinski definition) is 1. The zero-order valence-corrected chi connectivity index (χ0v) is 20.4. The molecule has 186 valence electrons. The molecule has 1 aromatic carbocycles. The van der Waals surface area contributed by atoms with E-state index in [9.17, 15) is 14.4 Å². The number of aromatic nitrogens is 2. The van der Waals surface area contributed by atoms with E-state index in [1.807, 2.05) is 13.8 Å². The number of ether oxygens (including phenoxy) is 2. The molecule has 8 nitrogen and oxygen atoms in total. The molecule has 1 aromatic heterocycles. The second-order valence-corrected chi connectivity index (χ2v) is 9.51. The smallest absolute Gasteiger partial charge is 0.328 e. The molecule has 0 spiro atoms. The minimum absolute atomic E-state index is 0.0756. The summed E-state index contributed by atoms with van der Waals surface area (Å²) in [5, 5.41) is 0.413. The van der Waals surface area contributed by atoms with E-state index in [1.54, 1.807) is 12.1 Å². The fraction of sp³-hybridized carbons (Fsp3) is 0.654. The maximum atomic E-state index is 13.2. The van der Waals surface area contributed by atoms with Crippen molar-refractivity contribution >= 4 is 16.8 Å². The Morgan fingerprint density at radius 1 is 0.941 bits per heavy atom. The molecule has 2 heterocycles. The van der Waals surface area contributed by atoms with Crippen molar-refractivity contribution in [2.75, 3.05) is 26.3 Å². The van der Waals surface area contributed by atoms with Crippen molar-refractivity contribution < 1.29 is 14.3 Å². The molecule has 1 N–H and O–H groups in total. The molecule has 1 aliphatic heterocycles. The molecule has 2 aliphatic rings. The molecule has 1 saturated heterocycles. The van der Waals surface area contributed by atoms with Gasteiger partial charge in [0, 0.05) is 31.6 Å². The van der Waals surface area contributed by atoms with Crippen LogP contribution in [0, 0.1) is 11.8 Å². The number of likely N-dealkylation sites (tertiary alicyclic amines) is 1. The number of aromatic amines is 1. The van der Waals surface area contributed by atoms with E-state index in [0.717, 1.165) is 51.6 Å². The first-order valence-electron chi connectivity index (χ1n) is 12.9. The van der Waals surface area contributed by atoms with Gasteiger partial charge < -0.3 is 19.4 Å². The molecular formula is C26H37N3O5. The van der Waals surface area contributed by atoms with E-state index in [4.69, 9.17) is 9.47 Å². The summed E-state index contributed by atoms with van der Waals surface area (Å²) in [6, 6.07) is 3.33. The van der Waals surface area contributed by atoms with Crippen LogP contribution in [0.3, 0.4) is 0 Å². The summed E-state index contributed by atoms with van der Waals surface area (Å²) in [6.45, 7) is 6.78. The van der Waals surface area contributed by atoms with Crippen LogP contribution < -0.4 is 20.7 Å². The fourth-order valence-electron chi connectivity index (χ4n) is 5.36. The van der Waals surface area contributed by atoms with Crippen LogP contribution in [0.2, 0.25) is 0 Å². The van der Waals surface area contributed by atoms with Crippen LogP contribution in [0.15, 0.2) is 21.7 Å². The van der Waals surface area contributed by atoms with Crippen LogP contribution in [0.4, 0.5) is 0 Å². The summed E-state index contributed by atoms with van der Waals surface area (Å²) in [7, 11) is 0. The number of carbonyl (C=O) groups excluding carboxylic acids is 1. The van der Waals surface area contributed by atoms with Crippen LogP contribution in [0.25, 0.3) is 10.9 Å². The molecule has 8 heteroatoms. The normalized spacial score (nSPS) is 21.3. The number of benzene rings is 1. The van der Waals surface area contributed by atoms with Gasteiger partial charge in [-0.1, -0.05) is 12.8 Å². The molecule has 1 aliphatic carbocycles. The summed E-state index contributed by atoms with van der Waals surface area (Å²) in [5.41, 5.74) is -0.276. The van der Waals surface area contributed by atoms with E-state index in [1.165, 1.54) is 17.4 Å². The highest BCUT2D eigenvalue weighted by atomic mass is 16.5. The first-order valence-corrected chi connectivity index (χ1v) is 12.9. The molecule has 2 fully saturated rings. The summed E-state index contributed by atoms with van der Waals surface area (Å²) < 4.78 is 12.6. The SMILES string of the molecule is CCOc1cc2[nH]c(=O)n(CC3CCC(C(=O)N4CCCCCC4)CC3)c(=O)c2cc1OCC. The highest BCUT2D eigenvalue weighted by molar-refractivity contribution is 5.81. The lowest BCUT2D eigenvalue weighted by atomic mass is 9.81. The molecule has 0 unspecified atom stereocenters. The predicted octanol–water partition coefficient (Wildman–Crippen LogP) is 3.70. The van der Waals surface area contributed by atoms with Crippen LogP contribution in [0.5, 0.6) is 11.5 Å². The van der Waals surface area contributed by atoms with Crippen molar-refractivity contribution in [3.8, 4) is 11.5 Å². The third kappa shape index (κ3) is 5.31. The predicted molar refractivity (Wildman–Crippen MR) is 132 cm³/mol. The lowest BCUT2D eigenvalue weighted by Gasteiger charge is -2.31. The largest absolute Gasteiger partial charge is 0.490 e. The molecule has 34 heavy (non-hydrogen) atoms. The third-order valence-corrected chi connectivity index (χ3v) is 7.20. The van der Waals surface area contributed by atoms with Gasteiger partial charge in [0.1, 0.15) is 0 Å². The fourth-order valence-corrected chi connectivity index (χ4v) is 5.36. The summed E-state index contributed by atoms with van der Waals surface area (Å²) >= 11 is 0. The molecule has 0 atom stereocenters. The number of nitrogens with zero attached hydrogens (tertiary/aromatic N) is 2. The number of amides is 1. The number of hydrogen-bond acceptors (Lipinski definition) is 5. The number of rotatable bonds is 7. The second-order valence-electron chi connectivity index (χ2n) is 9.51. The average Bonchev–Trinajstić information content (AvgIpc) is 3.13. The maximum Gasteiger partial charge on any atom is 0.328 e. The number of carbonyl (C=O) groups is 1. The van der Waals surface area contributed by atoms with Gasteiger partial charge in [-0.15, -0.1) is 0 Å². The molecule has 0 bridgehead atoms. The Balaban J connectivity index is 1.48. The summed E-state index contributed by atoms with van der Waals surface area (Å²) in [4.78, 5) is 43.9. The van der Waals surface area contributed by atoms with Gasteiger partial charge in [-0.05, 0) is 64.4 Å². The number of H-pyrrole nitrogens is 1. The highest BCUT2D eigenvalue weighted by Crippen LogP contribution is 2.32. The molecule has 1 saturated carbocycles. The van der Waals surface area contributed by atoms with Crippen molar-refractivity contribution in [2.24, 2.45) is 11.8 Å². The van der Waals surface area contributed by atoms with Gasteiger partial charge in [-0.2, -0.15) is 0 Å². The Hall–Kier alpha value is -2.77. The van der Waals surface area contributed by atoms with Crippen LogP contribution in [-0.2, 0) is 11.3 Å². The Morgan fingerprint density at radius 2 is 1.56 bits per heavy atom. The monoisotopic (exact) mass is 471 g/mol. The Morgan fingerprint density at radius 3 is 2.18 bits per heavy atom. The zero-order valence-electron chi connectivity index (χ0n) is 20.4. The molecule has 0 radical (unpaired) electrons. The van der Waals surface area contributed by atoms with Gasteiger partial charge in [0.25, 0.3) is 5.56 Å². The topological polar surface area (TPSA) is 93.6 Å². The Labute approximate surface area is 200 Å². The van der Waals surface area contributed by atoms with E-state index >= 15 is 0 Å². The Bertz CT molecular complexity index is 1110. The first-order chi connectivity index (χ1) is 16.5. The van der Waals surface area contributed by atoms with Crippen LogP contribution >= 0.6 is 0 Å². The highest BCUT2D eigenvalue weighted by Gasteiger charge is 2.30. The first kappa shape index (κ1) is 24.4. The van der Waals surface area contributed by atoms with Gasteiger partial charge >= 0.3 is 5.69 Å². The van der Waals surface area contributed by atoms with Crippen molar-refractivity contribution in [1.82, 2.24) is 14.5 Å². The number of nitrogens with one attached hydrogen (secondary N) is 1. The van der Waals surface area contributed by atoms with E-state index in [2.05, 4.69) is 9.88 Å². The van der Waals surface area contributed by atoms with Gasteiger partial charge in [0.2, 0.25) is 5.91 Å². The average molecular weight is 472 g/mol. The summed E-state index contributed by atoms with van der Waals surface area (Å²) in [6.07, 6.45) is 7.98. The van der Waals surface area contributed by atoms with Crippen LogP contribution in [0.1, 0.15) is 65.2 Å². The molecule has 2 aromatic rings. The quantitative estimate of drug-likeness (QED) is 0.665. The standard InChI is InChI=1S/C26H37N3O5/c1-3-33-22-15-20-21(16-23(22)34-4-2)27-26(32)29(25(20)31)17-18-9-11-19(12-10-18)24(30)28-13-7-5-6-8-14-28/h15-16,18-19H,3-14,17H2,1-2H3,(H,27,32). The van der Waals surface area contributed by atoms with Gasteiger partial charge in [-0.3, -0.25) is 14.2 Å². The maximum absolute atomic E-state index is 13.2. The van der Waals surface area contributed by atoms with Crippen molar-refractivity contribution in [2.45, 2.75) is 71.8 Å². The molecule has 4 rings (SSSR count). The van der Waals surface area contributed by atoms with Crippen molar-refractivity contribution in [3.05, 3.63) is 33.0 Å². The lowest BCUT2D eigenvalue weighted by Crippen LogP contribution is -2.40. The minimum atomic E-state index is -0.410. The summed E-state index contributed by atoms with van der Waals surface area (Å²) in [5.74, 6) is 1.59. The molecule has 1 amide bonds. The second kappa shape index (κ2) is 11.1. The third-order valence-electron chi connectivity index (χ3n) is 7.20. The van der Waals surface area contributed by atoms with E-state index in [0.29, 0.717) is 48.1 Å². The van der Waals surface area contributed by atoms with E-state index in [-0.39, 0.29) is 17.4 Å². The Kier molecular flexibility index (Phi) is 7.95. The minimum Gasteiger partial charge on any atom is -0.490 e. The lowest BCUT2D eigenvalue weighted by molar-refractivity contribution is -0.136. The zero-order chi connectivity index (χ0) is 24.1. The number of fused-ring (bicyclic) bond motifs is 1. The molecular weight excluding hydrogens is 434 g/mol. The van der Waals surface area contributed by atoms with Crippen LogP contribution in [-0.4, -0.2) is 46.7 Å². The van der Waals surface area contributed by atoms with E-state index < -0.39 is 5.69 Å².